The van der Waals surface area contributed by atoms with E-state index in [1.807, 2.05) is 12.1 Å². The van der Waals surface area contributed by atoms with E-state index in [-0.39, 0.29) is 11.7 Å². The molecule has 0 aromatic heterocycles. The Morgan fingerprint density at radius 2 is 2.06 bits per heavy atom. The highest BCUT2D eigenvalue weighted by molar-refractivity contribution is 5.80. The van der Waals surface area contributed by atoms with Crippen molar-refractivity contribution in [1.29, 1.82) is 0 Å². The van der Waals surface area contributed by atoms with Crippen LogP contribution in [0.5, 0.6) is 5.75 Å². The van der Waals surface area contributed by atoms with Gasteiger partial charge in [0.05, 0.1) is 6.04 Å². The van der Waals surface area contributed by atoms with Gasteiger partial charge in [0.1, 0.15) is 5.75 Å². The molecule has 0 bridgehead atoms. The van der Waals surface area contributed by atoms with Crippen molar-refractivity contribution in [2.75, 3.05) is 6.54 Å². The molecule has 1 rings (SSSR count). The number of carbonyl (C=O) groups is 1. The molecule has 16 heavy (non-hydrogen) atoms. The van der Waals surface area contributed by atoms with Crippen molar-refractivity contribution in [1.82, 2.24) is 5.32 Å². The van der Waals surface area contributed by atoms with Gasteiger partial charge in [0, 0.05) is 6.54 Å². The number of hydrogen-bond donors (Lipinski definition) is 3. The predicted octanol–water partition coefficient (Wildman–Crippen LogP) is 0.788. The summed E-state index contributed by atoms with van der Waals surface area (Å²) in [4.78, 5) is 11.1. The monoisotopic (exact) mass is 222 g/mol. The van der Waals surface area contributed by atoms with Crippen LogP contribution in [-0.4, -0.2) is 23.6 Å². The van der Waals surface area contributed by atoms with E-state index in [0.717, 1.165) is 18.4 Å². The Hall–Kier alpha value is -1.55. The number of rotatable bonds is 5. The highest BCUT2D eigenvalue weighted by atomic mass is 16.3. The van der Waals surface area contributed by atoms with Crippen molar-refractivity contribution in [3.05, 3.63) is 29.8 Å². The van der Waals surface area contributed by atoms with Crippen LogP contribution < -0.4 is 11.1 Å². The molecule has 0 saturated heterocycles. The maximum atomic E-state index is 11.1. The van der Waals surface area contributed by atoms with Gasteiger partial charge in [-0.25, -0.2) is 0 Å². The second-order valence-electron chi connectivity index (χ2n) is 3.85. The fourth-order valence-corrected chi connectivity index (χ4v) is 1.33. The van der Waals surface area contributed by atoms with Crippen LogP contribution in [0, 0.1) is 0 Å². The first kappa shape index (κ1) is 12.5. The lowest BCUT2D eigenvalue weighted by molar-refractivity contribution is -0.121. The number of benzene rings is 1. The molecule has 0 spiro atoms. The summed E-state index contributed by atoms with van der Waals surface area (Å²) >= 11 is 0. The van der Waals surface area contributed by atoms with Crippen molar-refractivity contribution in [3.8, 4) is 5.75 Å². The summed E-state index contributed by atoms with van der Waals surface area (Å²) in [6, 6.07) is 6.63. The lowest BCUT2D eigenvalue weighted by Crippen LogP contribution is -2.38. The molecule has 4 N–H and O–H groups in total. The summed E-state index contributed by atoms with van der Waals surface area (Å²) in [6.07, 6.45) is 1.74. The van der Waals surface area contributed by atoms with Crippen molar-refractivity contribution in [2.45, 2.75) is 25.8 Å². The summed E-state index contributed by atoms with van der Waals surface area (Å²) < 4.78 is 0. The maximum Gasteiger partial charge on any atom is 0.236 e. The van der Waals surface area contributed by atoms with E-state index in [2.05, 4.69) is 5.32 Å². The predicted molar refractivity (Wildman–Crippen MR) is 63.1 cm³/mol. The van der Waals surface area contributed by atoms with E-state index in [1.165, 1.54) is 0 Å². The number of carbonyl (C=O) groups excluding carboxylic acids is 1. The molecule has 0 aliphatic heterocycles. The summed E-state index contributed by atoms with van der Waals surface area (Å²) in [5, 5.41) is 11.8. The zero-order valence-electron chi connectivity index (χ0n) is 9.44. The van der Waals surface area contributed by atoms with Gasteiger partial charge in [-0.2, -0.15) is 0 Å². The Morgan fingerprint density at radius 1 is 1.44 bits per heavy atom. The third-order valence-electron chi connectivity index (χ3n) is 2.29. The highest BCUT2D eigenvalue weighted by Gasteiger charge is 2.04. The standard InChI is InChI=1S/C12H18N2O2/c1-9(13)12(16)14-8-2-3-10-4-6-11(15)7-5-10/h4-7,9,15H,2-3,8,13H2,1H3,(H,14,16). The van der Waals surface area contributed by atoms with Gasteiger partial charge >= 0.3 is 0 Å². The molecular formula is C12H18N2O2. The van der Waals surface area contributed by atoms with E-state index < -0.39 is 6.04 Å². The van der Waals surface area contributed by atoms with E-state index in [4.69, 9.17) is 10.8 Å². The van der Waals surface area contributed by atoms with Crippen molar-refractivity contribution in [2.24, 2.45) is 5.73 Å². The molecule has 0 aliphatic rings. The molecule has 1 atom stereocenters. The smallest absolute Gasteiger partial charge is 0.236 e. The Labute approximate surface area is 95.5 Å². The van der Waals surface area contributed by atoms with Crippen molar-refractivity contribution >= 4 is 5.91 Å². The van der Waals surface area contributed by atoms with Crippen LogP contribution in [0.15, 0.2) is 24.3 Å². The van der Waals surface area contributed by atoms with Gasteiger partial charge in [-0.1, -0.05) is 12.1 Å². The van der Waals surface area contributed by atoms with Crippen LogP contribution in [-0.2, 0) is 11.2 Å². The molecule has 0 fully saturated rings. The minimum Gasteiger partial charge on any atom is -0.508 e. The van der Waals surface area contributed by atoms with Gasteiger partial charge in [0.25, 0.3) is 0 Å². The average molecular weight is 222 g/mol. The number of aryl methyl sites for hydroxylation is 1. The highest BCUT2D eigenvalue weighted by Crippen LogP contribution is 2.10. The van der Waals surface area contributed by atoms with Crippen molar-refractivity contribution in [3.63, 3.8) is 0 Å². The quantitative estimate of drug-likeness (QED) is 0.645. The summed E-state index contributed by atoms with van der Waals surface area (Å²) in [6.45, 7) is 2.29. The number of nitrogens with one attached hydrogen (secondary N) is 1. The SMILES string of the molecule is CC(N)C(=O)NCCCc1ccc(O)cc1. The topological polar surface area (TPSA) is 75.4 Å². The number of aromatic hydroxyl groups is 1. The Bertz CT molecular complexity index is 333. The van der Waals surface area contributed by atoms with Gasteiger partial charge in [0.15, 0.2) is 0 Å². The number of phenols is 1. The van der Waals surface area contributed by atoms with Gasteiger partial charge in [-0.05, 0) is 37.5 Å². The number of hydrogen-bond acceptors (Lipinski definition) is 3. The second kappa shape index (κ2) is 6.12. The Balaban J connectivity index is 2.21. The molecule has 0 aliphatic carbocycles. The molecule has 0 heterocycles. The molecular weight excluding hydrogens is 204 g/mol. The zero-order chi connectivity index (χ0) is 12.0. The molecule has 0 saturated carbocycles. The van der Waals surface area contributed by atoms with Gasteiger partial charge < -0.3 is 16.2 Å². The van der Waals surface area contributed by atoms with E-state index >= 15 is 0 Å². The van der Waals surface area contributed by atoms with Crippen molar-refractivity contribution < 1.29 is 9.90 Å². The third-order valence-corrected chi connectivity index (χ3v) is 2.29. The minimum atomic E-state index is -0.450. The number of phenolic OH excluding ortho intramolecular Hbond substituents is 1. The largest absolute Gasteiger partial charge is 0.508 e. The van der Waals surface area contributed by atoms with Crippen LogP contribution >= 0.6 is 0 Å². The third kappa shape index (κ3) is 4.31. The van der Waals surface area contributed by atoms with Crippen LogP contribution in [0.2, 0.25) is 0 Å². The average Bonchev–Trinajstić information content (AvgIpc) is 2.26. The molecule has 0 radical (unpaired) electrons. The molecule has 4 nitrogen and oxygen atoms in total. The number of amides is 1. The van der Waals surface area contributed by atoms with E-state index in [0.29, 0.717) is 6.54 Å². The first-order valence-corrected chi connectivity index (χ1v) is 5.41. The van der Waals surface area contributed by atoms with Crippen LogP contribution in [0.3, 0.4) is 0 Å². The summed E-state index contributed by atoms with van der Waals surface area (Å²) in [7, 11) is 0. The first-order chi connectivity index (χ1) is 7.59. The molecule has 88 valence electrons. The summed E-state index contributed by atoms with van der Waals surface area (Å²) in [5.74, 6) is 0.153. The fraction of sp³-hybridized carbons (Fsp3) is 0.417. The van der Waals surface area contributed by atoms with Crippen LogP contribution in [0.25, 0.3) is 0 Å². The molecule has 1 unspecified atom stereocenters. The minimum absolute atomic E-state index is 0.120. The van der Waals surface area contributed by atoms with Gasteiger partial charge in [-0.15, -0.1) is 0 Å². The lowest BCUT2D eigenvalue weighted by Gasteiger charge is -2.07. The fourth-order valence-electron chi connectivity index (χ4n) is 1.33. The normalized spacial score (nSPS) is 12.1. The number of nitrogens with two attached hydrogens (primary N) is 1. The summed E-state index contributed by atoms with van der Waals surface area (Å²) in [5.41, 5.74) is 6.55. The maximum absolute atomic E-state index is 11.1. The Morgan fingerprint density at radius 3 is 2.62 bits per heavy atom. The molecule has 4 heteroatoms. The molecule has 1 amide bonds. The van der Waals surface area contributed by atoms with Crippen LogP contribution in [0.1, 0.15) is 18.9 Å². The van der Waals surface area contributed by atoms with E-state index in [1.54, 1.807) is 19.1 Å². The van der Waals surface area contributed by atoms with Gasteiger partial charge in [0.2, 0.25) is 5.91 Å². The lowest BCUT2D eigenvalue weighted by atomic mass is 10.1. The first-order valence-electron chi connectivity index (χ1n) is 5.41. The zero-order valence-corrected chi connectivity index (χ0v) is 9.44. The van der Waals surface area contributed by atoms with Crippen LogP contribution in [0.4, 0.5) is 0 Å². The molecule has 1 aromatic rings. The second-order valence-corrected chi connectivity index (χ2v) is 3.85. The van der Waals surface area contributed by atoms with E-state index in [9.17, 15) is 4.79 Å². The molecule has 1 aromatic carbocycles. The van der Waals surface area contributed by atoms with Gasteiger partial charge in [-0.3, -0.25) is 4.79 Å². The Kier molecular flexibility index (Phi) is 4.79.